The van der Waals surface area contributed by atoms with Gasteiger partial charge in [0.15, 0.2) is 0 Å². The number of aryl methyl sites for hydroxylation is 1. The van der Waals surface area contributed by atoms with Crippen molar-refractivity contribution in [2.75, 3.05) is 0 Å². The van der Waals surface area contributed by atoms with Gasteiger partial charge >= 0.3 is 0 Å². The quantitative estimate of drug-likeness (QED) is 0.709. The highest BCUT2D eigenvalue weighted by Crippen LogP contribution is 2.27. The van der Waals surface area contributed by atoms with Crippen LogP contribution in [0.3, 0.4) is 0 Å². The van der Waals surface area contributed by atoms with Crippen LogP contribution in [0.1, 0.15) is 5.56 Å². The molecule has 0 saturated carbocycles. The first-order chi connectivity index (χ1) is 8.74. The Morgan fingerprint density at radius 2 is 2.11 bits per heavy atom. The molecule has 3 rings (SSSR count). The molecule has 3 aromatic rings. The van der Waals surface area contributed by atoms with E-state index in [4.69, 9.17) is 4.74 Å². The highest BCUT2D eigenvalue weighted by atomic mass is 79.9. The largest absolute Gasteiger partial charge is 0.437 e. The minimum absolute atomic E-state index is 0.615. The molecule has 18 heavy (non-hydrogen) atoms. The van der Waals surface area contributed by atoms with E-state index >= 15 is 0 Å². The molecule has 0 spiro atoms. The maximum atomic E-state index is 5.83. The highest BCUT2D eigenvalue weighted by molar-refractivity contribution is 9.10. The highest BCUT2D eigenvalue weighted by Gasteiger charge is 2.05. The second-order valence-corrected chi connectivity index (χ2v) is 4.90. The standard InChI is InChI=1S/C14H11BrN2O/c1-10-9-11(4-5-12(10)15)18-14-13-3-2-7-17(13)8-6-16-14/h2-9H,1H3. The van der Waals surface area contributed by atoms with Gasteiger partial charge in [0.25, 0.3) is 0 Å². The van der Waals surface area contributed by atoms with Crippen molar-refractivity contribution in [3.05, 3.63) is 59.0 Å². The molecule has 0 saturated heterocycles. The van der Waals surface area contributed by atoms with E-state index in [1.54, 1.807) is 6.20 Å². The number of ether oxygens (including phenoxy) is 1. The van der Waals surface area contributed by atoms with Gasteiger partial charge < -0.3 is 9.14 Å². The number of halogens is 1. The van der Waals surface area contributed by atoms with Crippen molar-refractivity contribution in [1.82, 2.24) is 9.38 Å². The summed E-state index contributed by atoms with van der Waals surface area (Å²) in [5, 5.41) is 0. The molecule has 90 valence electrons. The van der Waals surface area contributed by atoms with E-state index in [1.807, 2.05) is 54.0 Å². The Bertz CT molecular complexity index is 706. The lowest BCUT2D eigenvalue weighted by atomic mass is 10.2. The van der Waals surface area contributed by atoms with Crippen LogP contribution in [0, 0.1) is 6.92 Å². The van der Waals surface area contributed by atoms with Crippen molar-refractivity contribution in [1.29, 1.82) is 0 Å². The summed E-state index contributed by atoms with van der Waals surface area (Å²) in [7, 11) is 0. The molecule has 3 nitrogen and oxygen atoms in total. The molecule has 0 aliphatic carbocycles. The van der Waals surface area contributed by atoms with Gasteiger partial charge in [0.1, 0.15) is 11.3 Å². The first-order valence-electron chi connectivity index (χ1n) is 5.60. The molecular formula is C14H11BrN2O. The average molecular weight is 303 g/mol. The topological polar surface area (TPSA) is 26.5 Å². The van der Waals surface area contributed by atoms with Crippen molar-refractivity contribution in [2.45, 2.75) is 6.92 Å². The summed E-state index contributed by atoms with van der Waals surface area (Å²) in [6.07, 6.45) is 5.60. The fourth-order valence-corrected chi connectivity index (χ4v) is 2.06. The van der Waals surface area contributed by atoms with Gasteiger partial charge in [-0.3, -0.25) is 0 Å². The number of hydrogen-bond acceptors (Lipinski definition) is 2. The third-order valence-corrected chi connectivity index (χ3v) is 3.65. The van der Waals surface area contributed by atoms with Crippen molar-refractivity contribution >= 4 is 21.4 Å². The van der Waals surface area contributed by atoms with Crippen LogP contribution in [0.2, 0.25) is 0 Å². The van der Waals surface area contributed by atoms with Crippen LogP contribution < -0.4 is 4.74 Å². The number of hydrogen-bond donors (Lipinski definition) is 0. The molecule has 0 atom stereocenters. The second kappa shape index (κ2) is 4.46. The minimum Gasteiger partial charge on any atom is -0.437 e. The van der Waals surface area contributed by atoms with Crippen molar-refractivity contribution in [3.8, 4) is 11.6 Å². The number of nitrogens with zero attached hydrogens (tertiary/aromatic N) is 2. The molecule has 0 aliphatic heterocycles. The van der Waals surface area contributed by atoms with Crippen LogP contribution in [0.15, 0.2) is 53.4 Å². The lowest BCUT2D eigenvalue weighted by Crippen LogP contribution is -1.92. The third-order valence-electron chi connectivity index (χ3n) is 2.76. The monoisotopic (exact) mass is 302 g/mol. The molecule has 1 aromatic carbocycles. The molecule has 2 aromatic heterocycles. The van der Waals surface area contributed by atoms with Gasteiger partial charge in [0.05, 0.1) is 0 Å². The maximum Gasteiger partial charge on any atom is 0.243 e. The summed E-state index contributed by atoms with van der Waals surface area (Å²) in [6.45, 7) is 2.03. The lowest BCUT2D eigenvalue weighted by Gasteiger charge is -2.07. The van der Waals surface area contributed by atoms with Crippen LogP contribution in [-0.2, 0) is 0 Å². The number of aromatic nitrogens is 2. The zero-order chi connectivity index (χ0) is 12.5. The molecule has 0 N–H and O–H groups in total. The van der Waals surface area contributed by atoms with E-state index in [-0.39, 0.29) is 0 Å². The van der Waals surface area contributed by atoms with Crippen molar-refractivity contribution in [3.63, 3.8) is 0 Å². The van der Waals surface area contributed by atoms with Gasteiger partial charge in [0.2, 0.25) is 5.88 Å². The Hall–Kier alpha value is -1.81. The fourth-order valence-electron chi connectivity index (χ4n) is 1.81. The summed E-state index contributed by atoms with van der Waals surface area (Å²) in [6, 6.07) is 9.83. The molecule has 0 unspecified atom stereocenters. The molecule has 0 amide bonds. The zero-order valence-electron chi connectivity index (χ0n) is 9.80. The van der Waals surface area contributed by atoms with Gasteiger partial charge in [-0.2, -0.15) is 0 Å². The van der Waals surface area contributed by atoms with Crippen LogP contribution in [-0.4, -0.2) is 9.38 Å². The summed E-state index contributed by atoms with van der Waals surface area (Å²) in [5.74, 6) is 1.40. The van der Waals surface area contributed by atoms with E-state index in [0.29, 0.717) is 5.88 Å². The van der Waals surface area contributed by atoms with Crippen LogP contribution in [0.5, 0.6) is 11.6 Å². The first kappa shape index (κ1) is 11.3. The average Bonchev–Trinajstić information content (AvgIpc) is 2.83. The number of rotatable bonds is 2. The van der Waals surface area contributed by atoms with Gasteiger partial charge in [0, 0.05) is 23.1 Å². The Kier molecular flexibility index (Phi) is 2.80. The molecule has 0 fully saturated rings. The van der Waals surface area contributed by atoms with Gasteiger partial charge in [-0.25, -0.2) is 4.98 Å². The summed E-state index contributed by atoms with van der Waals surface area (Å²) >= 11 is 3.47. The Labute approximate surface area is 113 Å². The van der Waals surface area contributed by atoms with Gasteiger partial charge in [-0.05, 0) is 42.8 Å². The molecular weight excluding hydrogens is 292 g/mol. The molecule has 0 aliphatic rings. The van der Waals surface area contributed by atoms with E-state index in [2.05, 4.69) is 20.9 Å². The SMILES string of the molecule is Cc1cc(Oc2nccn3cccc23)ccc1Br. The number of benzene rings is 1. The predicted molar refractivity (Wildman–Crippen MR) is 74.1 cm³/mol. The van der Waals surface area contributed by atoms with E-state index in [9.17, 15) is 0 Å². The third kappa shape index (κ3) is 1.99. The van der Waals surface area contributed by atoms with E-state index in [1.165, 1.54) is 0 Å². The predicted octanol–water partition coefficient (Wildman–Crippen LogP) is 4.20. The Morgan fingerprint density at radius 1 is 1.22 bits per heavy atom. The number of fused-ring (bicyclic) bond motifs is 1. The van der Waals surface area contributed by atoms with E-state index < -0.39 is 0 Å². The lowest BCUT2D eigenvalue weighted by molar-refractivity contribution is 0.466. The first-order valence-corrected chi connectivity index (χ1v) is 6.39. The van der Waals surface area contributed by atoms with Crippen LogP contribution in [0.25, 0.3) is 5.52 Å². The van der Waals surface area contributed by atoms with Crippen molar-refractivity contribution < 1.29 is 4.74 Å². The minimum atomic E-state index is 0.615. The van der Waals surface area contributed by atoms with Crippen LogP contribution in [0.4, 0.5) is 0 Å². The van der Waals surface area contributed by atoms with Gasteiger partial charge in [-0.1, -0.05) is 15.9 Å². The van der Waals surface area contributed by atoms with Crippen LogP contribution >= 0.6 is 15.9 Å². The Balaban J connectivity index is 2.01. The zero-order valence-corrected chi connectivity index (χ0v) is 11.4. The van der Waals surface area contributed by atoms with Gasteiger partial charge in [-0.15, -0.1) is 0 Å². The summed E-state index contributed by atoms with van der Waals surface area (Å²) in [4.78, 5) is 4.27. The summed E-state index contributed by atoms with van der Waals surface area (Å²) in [5.41, 5.74) is 2.09. The molecule has 0 radical (unpaired) electrons. The maximum absolute atomic E-state index is 5.83. The Morgan fingerprint density at radius 3 is 2.94 bits per heavy atom. The second-order valence-electron chi connectivity index (χ2n) is 4.05. The molecule has 4 heteroatoms. The molecule has 2 heterocycles. The summed E-state index contributed by atoms with van der Waals surface area (Å²) < 4.78 is 8.89. The van der Waals surface area contributed by atoms with Crippen molar-refractivity contribution in [2.24, 2.45) is 0 Å². The van der Waals surface area contributed by atoms with E-state index in [0.717, 1.165) is 21.3 Å². The molecule has 0 bridgehead atoms. The fraction of sp³-hybridized carbons (Fsp3) is 0.0714. The normalized spacial score (nSPS) is 10.8. The smallest absolute Gasteiger partial charge is 0.243 e.